The Morgan fingerprint density at radius 3 is 1.77 bits per heavy atom. The SMILES string of the molecule is C[Si](C)(C)c1cc(I)c(Cl)c(I)c1. The normalized spacial score (nSPS) is 11.8. The van der Waals surface area contributed by atoms with E-state index in [2.05, 4.69) is 77.0 Å². The van der Waals surface area contributed by atoms with Crippen LogP contribution in [0.4, 0.5) is 0 Å². The quantitative estimate of drug-likeness (QED) is 0.353. The van der Waals surface area contributed by atoms with Crippen molar-refractivity contribution in [2.45, 2.75) is 19.6 Å². The standard InChI is InChI=1S/C9H11ClI2Si/c1-13(2,3)6-4-7(11)9(10)8(12)5-6/h4-5H,1-3H3. The summed E-state index contributed by atoms with van der Waals surface area (Å²) in [6.45, 7) is 7.05. The summed E-state index contributed by atoms with van der Waals surface area (Å²) in [7, 11) is -1.19. The van der Waals surface area contributed by atoms with Crippen LogP contribution in [0.1, 0.15) is 0 Å². The van der Waals surface area contributed by atoms with Gasteiger partial charge >= 0.3 is 0 Å². The smallest absolute Gasteiger partial charge is 0.0776 e. The summed E-state index contributed by atoms with van der Waals surface area (Å²) in [6, 6.07) is 4.44. The van der Waals surface area contributed by atoms with Gasteiger partial charge in [0.25, 0.3) is 0 Å². The van der Waals surface area contributed by atoms with Crippen molar-refractivity contribution in [3.8, 4) is 0 Å². The van der Waals surface area contributed by atoms with Gasteiger partial charge in [0.1, 0.15) is 0 Å². The van der Waals surface area contributed by atoms with Crippen LogP contribution >= 0.6 is 56.8 Å². The molecule has 0 spiro atoms. The van der Waals surface area contributed by atoms with E-state index in [4.69, 9.17) is 11.6 Å². The van der Waals surface area contributed by atoms with Gasteiger partial charge in [-0.1, -0.05) is 36.4 Å². The van der Waals surface area contributed by atoms with Crippen molar-refractivity contribution in [2.24, 2.45) is 0 Å². The van der Waals surface area contributed by atoms with Crippen molar-refractivity contribution in [1.29, 1.82) is 0 Å². The Labute approximate surface area is 113 Å². The molecule has 1 rings (SSSR count). The Hall–Kier alpha value is 1.19. The van der Waals surface area contributed by atoms with Gasteiger partial charge in [-0.25, -0.2) is 0 Å². The van der Waals surface area contributed by atoms with Gasteiger partial charge in [0.15, 0.2) is 0 Å². The number of hydrogen-bond donors (Lipinski definition) is 0. The maximum absolute atomic E-state index is 6.10. The molecular weight excluding hydrogens is 425 g/mol. The zero-order valence-corrected chi connectivity index (χ0v) is 13.9. The van der Waals surface area contributed by atoms with E-state index in [1.54, 1.807) is 0 Å². The maximum Gasteiger partial charge on any atom is 0.0776 e. The molecule has 0 aliphatic carbocycles. The van der Waals surface area contributed by atoms with Crippen LogP contribution in [-0.2, 0) is 0 Å². The van der Waals surface area contributed by atoms with Crippen molar-refractivity contribution in [1.82, 2.24) is 0 Å². The van der Waals surface area contributed by atoms with Crippen molar-refractivity contribution in [3.63, 3.8) is 0 Å². The van der Waals surface area contributed by atoms with Crippen molar-refractivity contribution < 1.29 is 0 Å². The number of rotatable bonds is 1. The van der Waals surface area contributed by atoms with E-state index < -0.39 is 8.07 Å². The lowest BCUT2D eigenvalue weighted by molar-refractivity contribution is 1.59. The molecule has 0 fully saturated rings. The van der Waals surface area contributed by atoms with E-state index in [0.29, 0.717) is 0 Å². The Bertz CT molecular complexity index is 308. The highest BCUT2D eigenvalue weighted by Crippen LogP contribution is 2.24. The summed E-state index contributed by atoms with van der Waals surface area (Å²) in [5, 5.41) is 2.37. The first-order valence-electron chi connectivity index (χ1n) is 3.97. The molecule has 13 heavy (non-hydrogen) atoms. The van der Waals surface area contributed by atoms with E-state index in [0.717, 1.165) is 5.02 Å². The third kappa shape index (κ3) is 3.07. The van der Waals surface area contributed by atoms with E-state index >= 15 is 0 Å². The lowest BCUT2D eigenvalue weighted by atomic mass is 10.4. The highest BCUT2D eigenvalue weighted by molar-refractivity contribution is 14.1. The average molecular weight is 437 g/mol. The van der Waals surface area contributed by atoms with Gasteiger partial charge in [0.2, 0.25) is 0 Å². The topological polar surface area (TPSA) is 0 Å². The van der Waals surface area contributed by atoms with Crippen LogP contribution in [0, 0.1) is 7.14 Å². The number of halogens is 3. The molecule has 4 heteroatoms. The van der Waals surface area contributed by atoms with Gasteiger partial charge in [-0.3, -0.25) is 0 Å². The molecule has 0 nitrogen and oxygen atoms in total. The molecule has 0 heterocycles. The second-order valence-corrected chi connectivity index (χ2v) is 11.8. The lowest BCUT2D eigenvalue weighted by Crippen LogP contribution is -2.38. The van der Waals surface area contributed by atoms with Crippen LogP contribution in [0.2, 0.25) is 24.7 Å². The minimum atomic E-state index is -1.19. The van der Waals surface area contributed by atoms with E-state index in [1.807, 2.05) is 0 Å². The van der Waals surface area contributed by atoms with E-state index in [9.17, 15) is 0 Å². The fraction of sp³-hybridized carbons (Fsp3) is 0.333. The summed E-state index contributed by atoms with van der Waals surface area (Å²) in [4.78, 5) is 0. The summed E-state index contributed by atoms with van der Waals surface area (Å²) in [5.41, 5.74) is 0. The monoisotopic (exact) mass is 436 g/mol. The van der Waals surface area contributed by atoms with Crippen LogP contribution in [0.15, 0.2) is 12.1 Å². The van der Waals surface area contributed by atoms with Crippen LogP contribution in [0.3, 0.4) is 0 Å². The molecule has 0 atom stereocenters. The molecule has 0 bridgehead atoms. The average Bonchev–Trinajstić information content (AvgIpc) is 1.97. The zero-order valence-electron chi connectivity index (χ0n) is 7.79. The van der Waals surface area contributed by atoms with Crippen LogP contribution < -0.4 is 5.19 Å². The Kier molecular flexibility index (Phi) is 4.11. The third-order valence-electron chi connectivity index (χ3n) is 1.85. The van der Waals surface area contributed by atoms with Gasteiger partial charge in [0, 0.05) is 7.14 Å². The predicted octanol–water partition coefficient (Wildman–Crippen LogP) is 4.09. The third-order valence-corrected chi connectivity index (χ3v) is 6.62. The maximum atomic E-state index is 6.10. The van der Waals surface area contributed by atoms with E-state index in [-0.39, 0.29) is 0 Å². The summed E-state index contributed by atoms with van der Waals surface area (Å²) < 4.78 is 2.34. The molecule has 0 amide bonds. The molecule has 0 saturated carbocycles. The fourth-order valence-electron chi connectivity index (χ4n) is 0.989. The minimum absolute atomic E-state index is 0.892. The second-order valence-electron chi connectivity index (χ2n) is 4.00. The summed E-state index contributed by atoms with van der Waals surface area (Å²) in [5.74, 6) is 0. The van der Waals surface area contributed by atoms with Crippen LogP contribution in [0.5, 0.6) is 0 Å². The van der Waals surface area contributed by atoms with Gasteiger partial charge < -0.3 is 0 Å². The molecule has 0 unspecified atom stereocenters. The highest BCUT2D eigenvalue weighted by atomic mass is 127. The number of benzene rings is 1. The molecular formula is C9H11ClI2Si. The molecule has 1 aromatic rings. The van der Waals surface area contributed by atoms with Crippen molar-refractivity contribution in [2.75, 3.05) is 0 Å². The zero-order chi connectivity index (χ0) is 10.2. The molecule has 1 aromatic carbocycles. The molecule has 72 valence electrons. The predicted molar refractivity (Wildman–Crippen MR) is 79.9 cm³/mol. The van der Waals surface area contributed by atoms with Gasteiger partial charge in [-0.2, -0.15) is 0 Å². The van der Waals surface area contributed by atoms with Gasteiger partial charge in [0.05, 0.1) is 13.1 Å². The van der Waals surface area contributed by atoms with Crippen molar-refractivity contribution in [3.05, 3.63) is 24.3 Å². The minimum Gasteiger partial charge on any atom is -0.0820 e. The lowest BCUT2D eigenvalue weighted by Gasteiger charge is -2.18. The Morgan fingerprint density at radius 2 is 1.46 bits per heavy atom. The van der Waals surface area contributed by atoms with Crippen molar-refractivity contribution >= 4 is 70.0 Å². The number of hydrogen-bond acceptors (Lipinski definition) is 0. The first kappa shape index (κ1) is 12.3. The van der Waals surface area contributed by atoms with E-state index in [1.165, 1.54) is 12.3 Å². The Balaban J connectivity index is 3.29. The van der Waals surface area contributed by atoms with Crippen LogP contribution in [0.25, 0.3) is 0 Å². The molecule has 0 saturated heterocycles. The van der Waals surface area contributed by atoms with Crippen LogP contribution in [-0.4, -0.2) is 8.07 Å². The largest absolute Gasteiger partial charge is 0.0820 e. The summed E-state index contributed by atoms with van der Waals surface area (Å²) in [6.07, 6.45) is 0. The summed E-state index contributed by atoms with van der Waals surface area (Å²) >= 11 is 10.7. The Morgan fingerprint density at radius 1 is 1.08 bits per heavy atom. The molecule has 0 aliphatic heterocycles. The molecule has 0 radical (unpaired) electrons. The first-order chi connectivity index (χ1) is 5.82. The molecule has 0 aliphatic rings. The highest BCUT2D eigenvalue weighted by Gasteiger charge is 2.18. The molecule has 0 N–H and O–H groups in total. The first-order valence-corrected chi connectivity index (χ1v) is 10.0. The van der Waals surface area contributed by atoms with Gasteiger partial charge in [-0.15, -0.1) is 0 Å². The molecule has 0 aromatic heterocycles. The van der Waals surface area contributed by atoms with Gasteiger partial charge in [-0.05, 0) is 57.3 Å². The fourth-order valence-corrected chi connectivity index (χ4v) is 4.61. The second kappa shape index (κ2) is 4.36.